The maximum Gasteiger partial charge on any atom is 0.178 e. The van der Waals surface area contributed by atoms with Gasteiger partial charge >= 0.3 is 0 Å². The molecule has 1 aliphatic rings. The summed E-state index contributed by atoms with van der Waals surface area (Å²) in [6.07, 6.45) is 1.57. The number of halogens is 2. The van der Waals surface area contributed by atoms with Gasteiger partial charge in [-0.2, -0.15) is 0 Å². The van der Waals surface area contributed by atoms with E-state index in [1.165, 1.54) is 6.07 Å². The number of ether oxygens (including phenoxy) is 1. The predicted octanol–water partition coefficient (Wildman–Crippen LogP) is 5.23. The van der Waals surface area contributed by atoms with Gasteiger partial charge in [-0.25, -0.2) is 23.7 Å². The number of rotatable bonds is 4. The van der Waals surface area contributed by atoms with Crippen LogP contribution in [-0.2, 0) is 6.42 Å². The summed E-state index contributed by atoms with van der Waals surface area (Å²) in [4.78, 5) is 15.0. The zero-order valence-corrected chi connectivity index (χ0v) is 17.9. The van der Waals surface area contributed by atoms with E-state index in [4.69, 9.17) is 4.74 Å². The first-order valence-electron chi connectivity index (χ1n) is 10.1. The van der Waals surface area contributed by atoms with E-state index < -0.39 is 11.6 Å². The van der Waals surface area contributed by atoms with Crippen LogP contribution in [0.4, 0.5) is 14.5 Å². The molecule has 0 spiro atoms. The molecule has 0 N–H and O–H groups in total. The van der Waals surface area contributed by atoms with Gasteiger partial charge in [0.05, 0.1) is 34.2 Å². The molecule has 0 bridgehead atoms. The maximum absolute atomic E-state index is 14.8. The monoisotopic (exact) mass is 438 g/mol. The van der Waals surface area contributed by atoms with E-state index in [0.29, 0.717) is 36.6 Å². The number of aromatic nitrogens is 3. The third kappa shape index (κ3) is 3.72. The normalized spacial score (nSPS) is 13.5. The number of benzene rings is 2. The zero-order valence-electron chi connectivity index (χ0n) is 17.1. The SMILES string of the molecule is CC(C)N1CCOc2c(F)cc(-c3nc(Cc4ccc5scnc5c4)ncc3F)cc21. The van der Waals surface area contributed by atoms with Gasteiger partial charge in [0.25, 0.3) is 0 Å². The molecule has 5 nitrogen and oxygen atoms in total. The molecule has 158 valence electrons. The minimum Gasteiger partial charge on any atom is -0.486 e. The van der Waals surface area contributed by atoms with Gasteiger partial charge in [-0.3, -0.25) is 0 Å². The van der Waals surface area contributed by atoms with Crippen molar-refractivity contribution in [1.82, 2.24) is 15.0 Å². The molecule has 0 saturated carbocycles. The Labute approximate surface area is 182 Å². The van der Waals surface area contributed by atoms with Crippen molar-refractivity contribution < 1.29 is 13.5 Å². The van der Waals surface area contributed by atoms with E-state index in [9.17, 15) is 8.78 Å². The number of thiazole rings is 1. The van der Waals surface area contributed by atoms with Crippen LogP contribution in [0.5, 0.6) is 5.75 Å². The molecule has 2 aromatic heterocycles. The van der Waals surface area contributed by atoms with Crippen molar-refractivity contribution in [1.29, 1.82) is 0 Å². The van der Waals surface area contributed by atoms with Crippen molar-refractivity contribution in [2.24, 2.45) is 0 Å². The number of nitrogens with zero attached hydrogens (tertiary/aromatic N) is 4. The van der Waals surface area contributed by atoms with Gasteiger partial charge in [0.15, 0.2) is 17.4 Å². The fourth-order valence-electron chi connectivity index (χ4n) is 3.86. The molecule has 8 heteroatoms. The highest BCUT2D eigenvalue weighted by atomic mass is 32.1. The summed E-state index contributed by atoms with van der Waals surface area (Å²) in [7, 11) is 0. The molecule has 31 heavy (non-hydrogen) atoms. The summed E-state index contributed by atoms with van der Waals surface area (Å²) in [5, 5.41) is 0. The summed E-state index contributed by atoms with van der Waals surface area (Å²) >= 11 is 1.58. The number of hydrogen-bond acceptors (Lipinski definition) is 6. The van der Waals surface area contributed by atoms with Crippen LogP contribution in [0.25, 0.3) is 21.5 Å². The van der Waals surface area contributed by atoms with Crippen LogP contribution in [0, 0.1) is 11.6 Å². The van der Waals surface area contributed by atoms with E-state index in [-0.39, 0.29) is 17.5 Å². The minimum atomic E-state index is -0.592. The molecule has 0 unspecified atom stereocenters. The second kappa shape index (κ2) is 7.85. The molecule has 4 aromatic rings. The summed E-state index contributed by atoms with van der Waals surface area (Å²) in [5.74, 6) is -0.451. The third-order valence-electron chi connectivity index (χ3n) is 5.36. The van der Waals surface area contributed by atoms with E-state index >= 15 is 0 Å². The summed E-state index contributed by atoms with van der Waals surface area (Å²) in [5.41, 5.74) is 4.75. The molecule has 0 amide bonds. The van der Waals surface area contributed by atoms with Crippen LogP contribution >= 0.6 is 11.3 Å². The topological polar surface area (TPSA) is 51.1 Å². The average molecular weight is 439 g/mol. The standard InChI is InChI=1S/C23H20F2N4OS/c1-13(2)29-5-6-30-23-16(24)9-15(10-19(23)29)22-17(25)11-26-21(28-22)8-14-3-4-20-18(7-14)27-12-31-20/h3-4,7,9-13H,5-6,8H2,1-2H3. The Bertz CT molecular complexity index is 1270. The van der Waals surface area contributed by atoms with Crippen LogP contribution < -0.4 is 9.64 Å². The number of hydrogen-bond donors (Lipinski definition) is 0. The Kier molecular flexibility index (Phi) is 5.02. The first kappa shape index (κ1) is 19.8. The lowest BCUT2D eigenvalue weighted by atomic mass is 10.1. The molecule has 2 aromatic carbocycles. The van der Waals surface area contributed by atoms with Crippen molar-refractivity contribution >= 4 is 27.2 Å². The van der Waals surface area contributed by atoms with Gasteiger partial charge in [-0.15, -0.1) is 11.3 Å². The lowest BCUT2D eigenvalue weighted by molar-refractivity contribution is 0.287. The van der Waals surface area contributed by atoms with Crippen LogP contribution in [0.1, 0.15) is 25.2 Å². The molecular formula is C23H20F2N4OS. The summed E-state index contributed by atoms with van der Waals surface area (Å²) in [6.45, 7) is 5.12. The Hall–Kier alpha value is -3.13. The summed E-state index contributed by atoms with van der Waals surface area (Å²) < 4.78 is 36.1. The van der Waals surface area contributed by atoms with Gasteiger partial charge in [0, 0.05) is 18.0 Å². The molecule has 1 aliphatic heterocycles. The van der Waals surface area contributed by atoms with Gasteiger partial charge in [0.2, 0.25) is 0 Å². The van der Waals surface area contributed by atoms with Crippen LogP contribution in [-0.4, -0.2) is 34.1 Å². The fourth-order valence-corrected chi connectivity index (χ4v) is 4.52. The molecular weight excluding hydrogens is 418 g/mol. The second-order valence-corrected chi connectivity index (χ2v) is 8.64. The summed E-state index contributed by atoms with van der Waals surface area (Å²) in [6, 6.07) is 9.15. The first-order chi connectivity index (χ1) is 15.0. The average Bonchev–Trinajstić information content (AvgIpc) is 3.22. The highest BCUT2D eigenvalue weighted by Crippen LogP contribution is 2.39. The number of anilines is 1. The van der Waals surface area contributed by atoms with E-state index in [0.717, 1.165) is 22.0 Å². The molecule has 3 heterocycles. The molecule has 5 rings (SSSR count). The zero-order chi connectivity index (χ0) is 21.5. The van der Waals surface area contributed by atoms with Crippen molar-refractivity contribution in [3.8, 4) is 17.0 Å². The van der Waals surface area contributed by atoms with E-state index in [1.807, 2.05) is 32.0 Å². The first-order valence-corrected chi connectivity index (χ1v) is 10.9. The quantitative estimate of drug-likeness (QED) is 0.437. The molecule has 0 saturated heterocycles. The lowest BCUT2D eigenvalue weighted by Gasteiger charge is -2.34. The van der Waals surface area contributed by atoms with Crippen molar-refractivity contribution in [3.05, 3.63) is 65.1 Å². The Balaban J connectivity index is 1.53. The van der Waals surface area contributed by atoms with Gasteiger partial charge in [-0.1, -0.05) is 6.07 Å². The van der Waals surface area contributed by atoms with E-state index in [2.05, 4.69) is 19.9 Å². The fraction of sp³-hybridized carbons (Fsp3) is 0.261. The molecule has 0 radical (unpaired) electrons. The van der Waals surface area contributed by atoms with Crippen molar-refractivity contribution in [3.63, 3.8) is 0 Å². The van der Waals surface area contributed by atoms with Crippen molar-refractivity contribution in [2.75, 3.05) is 18.1 Å². The number of fused-ring (bicyclic) bond motifs is 2. The molecule has 0 fully saturated rings. The minimum absolute atomic E-state index is 0.0794. The van der Waals surface area contributed by atoms with Crippen LogP contribution in [0.2, 0.25) is 0 Å². The highest BCUT2D eigenvalue weighted by Gasteiger charge is 2.25. The maximum atomic E-state index is 14.8. The van der Waals surface area contributed by atoms with Crippen LogP contribution in [0.15, 0.2) is 42.0 Å². The van der Waals surface area contributed by atoms with Gasteiger partial charge in [0.1, 0.15) is 18.1 Å². The predicted molar refractivity (Wildman–Crippen MR) is 118 cm³/mol. The van der Waals surface area contributed by atoms with Gasteiger partial charge < -0.3 is 9.64 Å². The largest absolute Gasteiger partial charge is 0.486 e. The van der Waals surface area contributed by atoms with Crippen molar-refractivity contribution in [2.45, 2.75) is 26.3 Å². The highest BCUT2D eigenvalue weighted by molar-refractivity contribution is 7.16. The van der Waals surface area contributed by atoms with Gasteiger partial charge in [-0.05, 0) is 43.7 Å². The third-order valence-corrected chi connectivity index (χ3v) is 6.17. The van der Waals surface area contributed by atoms with Crippen LogP contribution in [0.3, 0.4) is 0 Å². The Morgan fingerprint density at radius 1 is 1.13 bits per heavy atom. The second-order valence-electron chi connectivity index (χ2n) is 7.76. The molecule has 0 atom stereocenters. The molecule has 0 aliphatic carbocycles. The van der Waals surface area contributed by atoms with E-state index in [1.54, 1.807) is 22.9 Å². The Morgan fingerprint density at radius 3 is 2.84 bits per heavy atom. The lowest BCUT2D eigenvalue weighted by Crippen LogP contribution is -2.38. The smallest absolute Gasteiger partial charge is 0.178 e. The Morgan fingerprint density at radius 2 is 2.00 bits per heavy atom.